The fraction of sp³-hybridized carbons (Fsp3) is 0.450. The van der Waals surface area contributed by atoms with Crippen molar-refractivity contribution in [1.29, 1.82) is 0 Å². The van der Waals surface area contributed by atoms with Crippen LogP contribution in [0.5, 0.6) is 0 Å². The van der Waals surface area contributed by atoms with Gasteiger partial charge in [-0.25, -0.2) is 4.98 Å². The minimum atomic E-state index is -0.0196. The lowest BCUT2D eigenvalue weighted by atomic mass is 9.93. The van der Waals surface area contributed by atoms with Crippen LogP contribution < -0.4 is 10.6 Å². The number of likely N-dealkylation sites (tertiary alicyclic amines) is 1. The number of rotatable bonds is 5. The zero-order chi connectivity index (χ0) is 19.9. The maximum atomic E-state index is 12.2. The molecule has 158 valence electrons. The van der Waals surface area contributed by atoms with Crippen LogP contribution in [0.15, 0.2) is 52.5 Å². The molecule has 2 aromatic rings. The van der Waals surface area contributed by atoms with E-state index in [2.05, 4.69) is 52.9 Å². The molecule has 0 radical (unpaired) electrons. The molecule has 1 aromatic heterocycles. The Morgan fingerprint density at radius 1 is 1.34 bits per heavy atom. The molecule has 2 N–H and O–H groups in total. The molecule has 0 spiro atoms. The van der Waals surface area contributed by atoms with Gasteiger partial charge in [-0.2, -0.15) is 0 Å². The van der Waals surface area contributed by atoms with Crippen LogP contribution in [0.25, 0.3) is 0 Å². The maximum absolute atomic E-state index is 12.2. The van der Waals surface area contributed by atoms with Gasteiger partial charge < -0.3 is 20.1 Å². The Bertz CT molecular complexity index is 796. The molecule has 2 unspecified atom stereocenters. The van der Waals surface area contributed by atoms with Crippen molar-refractivity contribution in [2.75, 3.05) is 32.0 Å². The van der Waals surface area contributed by atoms with E-state index in [1.165, 1.54) is 0 Å². The number of carbonyl (C=O) groups excluding carboxylic acids is 1. The number of nitrogens with zero attached hydrogens (tertiary/aromatic N) is 4. The predicted octanol–water partition coefficient (Wildman–Crippen LogP) is 3.75. The summed E-state index contributed by atoms with van der Waals surface area (Å²) < 4.78 is 3.16. The zero-order valence-corrected chi connectivity index (χ0v) is 20.6. The van der Waals surface area contributed by atoms with Gasteiger partial charge in [-0.15, -0.1) is 24.0 Å². The van der Waals surface area contributed by atoms with E-state index in [0.29, 0.717) is 24.9 Å². The normalized spacial score (nSPS) is 19.4. The number of aromatic nitrogens is 2. The fourth-order valence-electron chi connectivity index (χ4n) is 3.47. The van der Waals surface area contributed by atoms with Crippen LogP contribution in [0, 0.1) is 5.92 Å². The quantitative estimate of drug-likeness (QED) is 0.324. The molecule has 1 aliphatic heterocycles. The van der Waals surface area contributed by atoms with Crippen molar-refractivity contribution in [3.8, 4) is 0 Å². The number of benzene rings is 1. The smallest absolute Gasteiger partial charge is 0.226 e. The molecule has 7 nitrogen and oxygen atoms in total. The fourth-order valence-corrected chi connectivity index (χ4v) is 3.74. The molecule has 3 rings (SSSR count). The molecule has 2 heterocycles. The van der Waals surface area contributed by atoms with Gasteiger partial charge in [-0.1, -0.05) is 22.9 Å². The number of halogens is 2. The molecule has 2 atom stereocenters. The van der Waals surface area contributed by atoms with Crippen molar-refractivity contribution in [2.45, 2.75) is 25.8 Å². The van der Waals surface area contributed by atoms with Crippen molar-refractivity contribution in [3.63, 3.8) is 0 Å². The van der Waals surface area contributed by atoms with Crippen molar-refractivity contribution >= 4 is 57.5 Å². The van der Waals surface area contributed by atoms with Gasteiger partial charge in [0.05, 0.1) is 12.4 Å². The minimum absolute atomic E-state index is 0. The van der Waals surface area contributed by atoms with Gasteiger partial charge in [0.2, 0.25) is 5.91 Å². The number of hydrogen-bond acceptors (Lipinski definition) is 3. The Morgan fingerprint density at radius 3 is 2.76 bits per heavy atom. The number of nitrogens with one attached hydrogen (secondary N) is 2. The van der Waals surface area contributed by atoms with Crippen molar-refractivity contribution in [3.05, 3.63) is 47.5 Å². The average Bonchev–Trinajstić information content (AvgIpc) is 3.22. The Balaban J connectivity index is 0.00000300. The molecule has 0 bridgehead atoms. The number of hydrogen-bond donors (Lipinski definition) is 2. The third kappa shape index (κ3) is 6.70. The van der Waals surface area contributed by atoms with E-state index in [1.807, 2.05) is 43.0 Å². The van der Waals surface area contributed by atoms with E-state index in [1.54, 1.807) is 7.05 Å². The molecule has 0 saturated carbocycles. The van der Waals surface area contributed by atoms with E-state index < -0.39 is 0 Å². The molecular formula is C20H28BrIN6O. The van der Waals surface area contributed by atoms with Gasteiger partial charge >= 0.3 is 0 Å². The summed E-state index contributed by atoms with van der Waals surface area (Å²) >= 11 is 3.39. The van der Waals surface area contributed by atoms with Crippen LogP contribution in [0.3, 0.4) is 0 Å². The first-order valence-electron chi connectivity index (χ1n) is 9.55. The second kappa shape index (κ2) is 11.5. The highest BCUT2D eigenvalue weighted by atomic mass is 127. The van der Waals surface area contributed by atoms with Crippen LogP contribution in [0.1, 0.15) is 25.8 Å². The second-order valence-corrected chi connectivity index (χ2v) is 7.98. The van der Waals surface area contributed by atoms with Crippen LogP contribution in [0.4, 0.5) is 5.69 Å². The molecule has 1 aliphatic rings. The number of guanidine groups is 1. The lowest BCUT2D eigenvalue weighted by Gasteiger charge is -2.39. The number of piperidine rings is 1. The molecule has 9 heteroatoms. The third-order valence-corrected chi connectivity index (χ3v) is 5.63. The summed E-state index contributed by atoms with van der Waals surface area (Å²) in [7, 11) is 1.79. The molecule has 29 heavy (non-hydrogen) atoms. The van der Waals surface area contributed by atoms with Gasteiger partial charge in [0.15, 0.2) is 5.96 Å². The van der Waals surface area contributed by atoms with Crippen LogP contribution in [-0.4, -0.2) is 53.0 Å². The maximum Gasteiger partial charge on any atom is 0.226 e. The van der Waals surface area contributed by atoms with E-state index in [4.69, 9.17) is 0 Å². The van der Waals surface area contributed by atoms with Crippen molar-refractivity contribution in [1.82, 2.24) is 19.8 Å². The molecule has 1 saturated heterocycles. The molecule has 1 fully saturated rings. The first-order chi connectivity index (χ1) is 13.6. The van der Waals surface area contributed by atoms with E-state index >= 15 is 0 Å². The van der Waals surface area contributed by atoms with Gasteiger partial charge in [0, 0.05) is 55.7 Å². The zero-order valence-electron chi connectivity index (χ0n) is 16.7. The Labute approximate surface area is 197 Å². The minimum Gasteiger partial charge on any atom is -0.356 e. The number of imidazole rings is 1. The Kier molecular flexibility index (Phi) is 9.41. The average molecular weight is 575 g/mol. The summed E-state index contributed by atoms with van der Waals surface area (Å²) in [5, 5.41) is 6.24. The standard InChI is InChI=1S/C20H27BrN6O.HI/c1-15-8-11-26(13-18(15)27-12-10-23-14-27)20(22-2)24-9-7-19(28)25-17-5-3-16(21)4-6-17;/h3-6,10,12,14-15,18H,7-9,11,13H2,1-2H3,(H,22,24)(H,25,28);1H. The lowest BCUT2D eigenvalue weighted by molar-refractivity contribution is -0.116. The first kappa shape index (κ1) is 23.7. The number of anilines is 1. The summed E-state index contributed by atoms with van der Waals surface area (Å²) in [5.74, 6) is 1.41. The molecule has 1 amide bonds. The summed E-state index contributed by atoms with van der Waals surface area (Å²) in [4.78, 5) is 23.0. The van der Waals surface area contributed by atoms with E-state index in [9.17, 15) is 4.79 Å². The van der Waals surface area contributed by atoms with E-state index in [0.717, 1.165) is 35.6 Å². The Hall–Kier alpha value is -1.62. The topological polar surface area (TPSA) is 74.6 Å². The highest BCUT2D eigenvalue weighted by Crippen LogP contribution is 2.27. The molecule has 1 aromatic carbocycles. The largest absolute Gasteiger partial charge is 0.356 e. The van der Waals surface area contributed by atoms with Crippen LogP contribution >= 0.6 is 39.9 Å². The van der Waals surface area contributed by atoms with Crippen LogP contribution in [0.2, 0.25) is 0 Å². The summed E-state index contributed by atoms with van der Waals surface area (Å²) in [5.41, 5.74) is 0.797. The van der Waals surface area contributed by atoms with Gasteiger partial charge in [-0.05, 0) is 36.6 Å². The van der Waals surface area contributed by atoms with Crippen molar-refractivity contribution in [2.24, 2.45) is 10.9 Å². The lowest BCUT2D eigenvalue weighted by Crippen LogP contribution is -2.49. The highest BCUT2D eigenvalue weighted by Gasteiger charge is 2.28. The SMILES string of the molecule is CN=C(NCCC(=O)Nc1ccc(Br)cc1)N1CCC(C)C(n2ccnc2)C1.I. The molecule has 0 aliphatic carbocycles. The second-order valence-electron chi connectivity index (χ2n) is 7.07. The van der Waals surface area contributed by atoms with Crippen molar-refractivity contribution < 1.29 is 4.79 Å². The number of carbonyl (C=O) groups is 1. The number of amides is 1. The van der Waals surface area contributed by atoms with Gasteiger partial charge in [0.25, 0.3) is 0 Å². The van der Waals surface area contributed by atoms with Gasteiger partial charge in [-0.3, -0.25) is 9.79 Å². The first-order valence-corrected chi connectivity index (χ1v) is 10.3. The van der Waals surface area contributed by atoms with Crippen LogP contribution in [-0.2, 0) is 4.79 Å². The summed E-state index contributed by atoms with van der Waals surface area (Å²) in [6.45, 7) is 4.65. The van der Waals surface area contributed by atoms with Gasteiger partial charge in [0.1, 0.15) is 0 Å². The summed E-state index contributed by atoms with van der Waals surface area (Å²) in [6, 6.07) is 7.93. The molecular weight excluding hydrogens is 547 g/mol. The number of aliphatic imine (C=N–C) groups is 1. The Morgan fingerprint density at radius 2 is 2.10 bits per heavy atom. The third-order valence-electron chi connectivity index (χ3n) is 5.10. The van der Waals surface area contributed by atoms with E-state index in [-0.39, 0.29) is 29.9 Å². The summed E-state index contributed by atoms with van der Waals surface area (Å²) in [6.07, 6.45) is 7.20. The highest BCUT2D eigenvalue weighted by molar-refractivity contribution is 14.0. The predicted molar refractivity (Wildman–Crippen MR) is 131 cm³/mol. The monoisotopic (exact) mass is 574 g/mol.